The van der Waals surface area contributed by atoms with Crippen LogP contribution >= 0.6 is 17.0 Å². The fraction of sp³-hybridized carbons (Fsp3) is 0.562. The molecule has 37 heavy (non-hydrogen) atoms. The van der Waals surface area contributed by atoms with E-state index in [0.717, 1.165) is 6.42 Å². The van der Waals surface area contributed by atoms with Crippen molar-refractivity contribution in [3.8, 4) is 0 Å². The van der Waals surface area contributed by atoms with E-state index < -0.39 is 0 Å². The molecule has 0 bridgehead atoms. The highest BCUT2D eigenvalue weighted by Gasteiger charge is 2.12. The van der Waals surface area contributed by atoms with Gasteiger partial charge in [0.05, 0.1) is 0 Å². The predicted molar refractivity (Wildman–Crippen MR) is 178 cm³/mol. The van der Waals surface area contributed by atoms with E-state index in [1.54, 1.807) is 11.1 Å². The first-order valence-electron chi connectivity index (χ1n) is 13.2. The molecule has 5 heteroatoms. The Morgan fingerprint density at radius 1 is 0.919 bits per heavy atom. The summed E-state index contributed by atoms with van der Waals surface area (Å²) in [5, 5.41) is 0. The average molecular weight is 591 g/mol. The van der Waals surface area contributed by atoms with Crippen LogP contribution in [0.5, 0.6) is 0 Å². The molecule has 2 rings (SSSR count). The lowest BCUT2D eigenvalue weighted by atomic mass is 9.85. The Kier molecular flexibility index (Phi) is 48.5. The third-order valence-electron chi connectivity index (χ3n) is 5.46. The first kappa shape index (κ1) is 52.0. The molecule has 0 amide bonds. The first-order valence-corrected chi connectivity index (χ1v) is 13.2. The largest absolute Gasteiger partial charge is 0.412 e. The first-order chi connectivity index (χ1) is 15.4. The molecule has 0 unspecified atom stereocenters. The van der Waals surface area contributed by atoms with Crippen molar-refractivity contribution in [3.05, 3.63) is 75.9 Å². The van der Waals surface area contributed by atoms with E-state index in [1.807, 2.05) is 19.9 Å². The SMILES string of the molecule is Br.C/C=C(\C)C1=C(CCC)C(C)=CCC1.C=Cc1ccc(CC)c(CCC)c1.CC.CCC.N.O.O.O. The molecule has 0 saturated heterocycles. The zero-order valence-electron chi connectivity index (χ0n) is 25.9. The van der Waals surface area contributed by atoms with Crippen molar-refractivity contribution >= 4 is 23.1 Å². The standard InChI is InChI=1S/C14H22.C13H18.C3H8.C2H6.BrH.H3N.3H2O/c1-5-8-13-12(4)9-7-10-14(13)11(3)6-2;1-4-7-13-10-11(5-2)8-9-12(13)6-3;1-3-2;1-2;;;;;/h6,9H,5,7-8,10H2,1-4H3;5,8-10H,2,4,6-7H2,1,3H3;3H2,1-2H3;1-2H3;1H;1H3;3*1H2/b11-6+;;;;;;;;. The Morgan fingerprint density at radius 2 is 1.43 bits per heavy atom. The summed E-state index contributed by atoms with van der Waals surface area (Å²) in [6.45, 7) is 25.4. The smallest absolute Gasteiger partial charge is 0.0239 e. The second-order valence-corrected chi connectivity index (χ2v) is 8.15. The molecule has 4 nitrogen and oxygen atoms in total. The maximum absolute atomic E-state index is 3.79. The summed E-state index contributed by atoms with van der Waals surface area (Å²) in [4.78, 5) is 0. The number of hydrogen-bond donors (Lipinski definition) is 1. The second kappa shape index (κ2) is 34.5. The number of allylic oxidation sites excluding steroid dienone is 6. The third-order valence-corrected chi connectivity index (χ3v) is 5.46. The number of benzene rings is 1. The Labute approximate surface area is 241 Å². The molecule has 0 radical (unpaired) electrons. The summed E-state index contributed by atoms with van der Waals surface area (Å²) in [7, 11) is 0. The van der Waals surface area contributed by atoms with E-state index in [-0.39, 0.29) is 39.6 Å². The van der Waals surface area contributed by atoms with Gasteiger partial charge in [0.15, 0.2) is 0 Å². The molecule has 0 aromatic heterocycles. The van der Waals surface area contributed by atoms with Gasteiger partial charge in [-0.2, -0.15) is 0 Å². The molecule has 0 atom stereocenters. The van der Waals surface area contributed by atoms with Crippen molar-refractivity contribution < 1.29 is 16.4 Å². The summed E-state index contributed by atoms with van der Waals surface area (Å²) in [6, 6.07) is 6.63. The minimum Gasteiger partial charge on any atom is -0.412 e. The van der Waals surface area contributed by atoms with Crippen molar-refractivity contribution in [1.29, 1.82) is 0 Å². The van der Waals surface area contributed by atoms with Crippen LogP contribution in [0.3, 0.4) is 0 Å². The van der Waals surface area contributed by atoms with Gasteiger partial charge in [-0.1, -0.05) is 122 Å². The molecule has 1 aromatic rings. The van der Waals surface area contributed by atoms with E-state index >= 15 is 0 Å². The summed E-state index contributed by atoms with van der Waals surface area (Å²) < 4.78 is 0. The van der Waals surface area contributed by atoms with E-state index in [4.69, 9.17) is 0 Å². The number of hydrogen-bond acceptors (Lipinski definition) is 1. The monoisotopic (exact) mass is 589 g/mol. The number of rotatable bonds is 7. The Bertz CT molecular complexity index is 738. The Balaban J connectivity index is -0.0000000743. The van der Waals surface area contributed by atoms with Gasteiger partial charge in [0.25, 0.3) is 0 Å². The highest BCUT2D eigenvalue weighted by molar-refractivity contribution is 8.93. The second-order valence-electron chi connectivity index (χ2n) is 8.15. The number of aryl methyl sites for hydroxylation is 2. The van der Waals surface area contributed by atoms with E-state index in [1.165, 1.54) is 72.8 Å². The molecular formula is C32H64BrNO3. The van der Waals surface area contributed by atoms with E-state index in [0.29, 0.717) is 0 Å². The lowest BCUT2D eigenvalue weighted by Crippen LogP contribution is -2.01. The maximum Gasteiger partial charge on any atom is -0.0239 e. The van der Waals surface area contributed by atoms with Gasteiger partial charge in [0.1, 0.15) is 0 Å². The summed E-state index contributed by atoms with van der Waals surface area (Å²) in [5.74, 6) is 0. The van der Waals surface area contributed by atoms with E-state index in [2.05, 4.69) is 92.3 Å². The van der Waals surface area contributed by atoms with Gasteiger partial charge in [-0.15, -0.1) is 17.0 Å². The zero-order chi connectivity index (χ0) is 24.9. The molecule has 0 spiro atoms. The van der Waals surface area contributed by atoms with Gasteiger partial charge in [0.2, 0.25) is 0 Å². The van der Waals surface area contributed by atoms with Crippen molar-refractivity contribution in [3.63, 3.8) is 0 Å². The molecular weight excluding hydrogens is 526 g/mol. The van der Waals surface area contributed by atoms with Crippen LogP contribution in [-0.2, 0) is 12.8 Å². The van der Waals surface area contributed by atoms with Crippen LogP contribution in [0.15, 0.2) is 59.2 Å². The van der Waals surface area contributed by atoms with Crippen LogP contribution in [0, 0.1) is 0 Å². The van der Waals surface area contributed by atoms with Crippen molar-refractivity contribution in [2.75, 3.05) is 0 Å². The molecule has 1 aliphatic carbocycles. The van der Waals surface area contributed by atoms with Crippen molar-refractivity contribution in [1.82, 2.24) is 6.15 Å². The average Bonchev–Trinajstić information content (AvgIpc) is 2.82. The van der Waals surface area contributed by atoms with Crippen LogP contribution < -0.4 is 6.15 Å². The number of halogens is 1. The molecule has 0 fully saturated rings. The quantitative estimate of drug-likeness (QED) is 0.333. The van der Waals surface area contributed by atoms with Gasteiger partial charge < -0.3 is 22.6 Å². The normalized spacial score (nSPS) is 11.2. The molecule has 0 saturated carbocycles. The summed E-state index contributed by atoms with van der Waals surface area (Å²) in [6.07, 6.45) is 16.3. The molecule has 0 heterocycles. The minimum atomic E-state index is 0. The Hall–Kier alpha value is -1.50. The van der Waals surface area contributed by atoms with Crippen LogP contribution in [0.25, 0.3) is 6.08 Å². The van der Waals surface area contributed by atoms with Gasteiger partial charge in [0, 0.05) is 0 Å². The van der Waals surface area contributed by atoms with Gasteiger partial charge in [-0.3, -0.25) is 0 Å². The van der Waals surface area contributed by atoms with Crippen molar-refractivity contribution in [2.24, 2.45) is 0 Å². The maximum atomic E-state index is 3.79. The van der Waals surface area contributed by atoms with Crippen molar-refractivity contribution in [2.45, 2.75) is 121 Å². The molecule has 1 aliphatic rings. The van der Waals surface area contributed by atoms with Gasteiger partial charge in [-0.05, 0) is 80.7 Å². The lowest BCUT2D eigenvalue weighted by Gasteiger charge is -2.20. The van der Waals surface area contributed by atoms with Crippen LogP contribution in [0.2, 0.25) is 0 Å². The topological polar surface area (TPSA) is 130 Å². The van der Waals surface area contributed by atoms with Crippen LogP contribution in [0.1, 0.15) is 124 Å². The van der Waals surface area contributed by atoms with Gasteiger partial charge >= 0.3 is 0 Å². The van der Waals surface area contributed by atoms with Crippen LogP contribution in [0.4, 0.5) is 0 Å². The molecule has 1 aromatic carbocycles. The highest BCUT2D eigenvalue weighted by atomic mass is 79.9. The molecule has 222 valence electrons. The summed E-state index contributed by atoms with van der Waals surface area (Å²) in [5.41, 5.74) is 10.4. The zero-order valence-corrected chi connectivity index (χ0v) is 27.7. The highest BCUT2D eigenvalue weighted by Crippen LogP contribution is 2.32. The van der Waals surface area contributed by atoms with Crippen LogP contribution in [-0.4, -0.2) is 16.4 Å². The third kappa shape index (κ3) is 21.2. The fourth-order valence-corrected chi connectivity index (χ4v) is 3.77. The minimum absolute atomic E-state index is 0. The predicted octanol–water partition coefficient (Wildman–Crippen LogP) is 9.34. The van der Waals surface area contributed by atoms with Gasteiger partial charge in [-0.25, -0.2) is 0 Å². The lowest BCUT2D eigenvalue weighted by molar-refractivity contribution is 0.823. The summed E-state index contributed by atoms with van der Waals surface area (Å²) >= 11 is 0. The molecule has 9 N–H and O–H groups in total. The molecule has 0 aliphatic heterocycles. The fourth-order valence-electron chi connectivity index (χ4n) is 3.77. The van der Waals surface area contributed by atoms with E-state index in [9.17, 15) is 0 Å². The Morgan fingerprint density at radius 3 is 1.84 bits per heavy atom.